The molecule has 4 aromatic heterocycles. The molecule has 44 heavy (non-hydrogen) atoms. The van der Waals surface area contributed by atoms with Crippen LogP contribution in [0.1, 0.15) is 37.8 Å². The second kappa shape index (κ2) is 11.9. The van der Waals surface area contributed by atoms with Gasteiger partial charge in [-0.1, -0.05) is 43.2 Å². The number of hydrogen-bond donors (Lipinski definition) is 2. The number of sulfone groups is 1. The Balaban J connectivity index is 1.03. The zero-order valence-electron chi connectivity index (χ0n) is 24.5. The Hall–Kier alpha value is -4.45. The number of thiazole rings is 1. The fourth-order valence-electron chi connectivity index (χ4n) is 4.51. The first kappa shape index (κ1) is 29.6. The maximum absolute atomic E-state index is 12.4. The molecule has 1 aliphatic heterocycles. The number of amides is 2. The number of aromatic nitrogens is 4. The van der Waals surface area contributed by atoms with E-state index in [1.54, 1.807) is 24.4 Å². The van der Waals surface area contributed by atoms with Crippen LogP contribution in [0, 0.1) is 11.8 Å². The molecule has 5 aromatic rings. The van der Waals surface area contributed by atoms with E-state index in [9.17, 15) is 13.2 Å². The zero-order chi connectivity index (χ0) is 30.9. The van der Waals surface area contributed by atoms with Gasteiger partial charge in [-0.05, 0) is 30.2 Å². The number of anilines is 2. The summed E-state index contributed by atoms with van der Waals surface area (Å²) in [5, 5.41) is 9.34. The number of benzene rings is 1. The number of carbonyl (C=O) groups excluding carboxylic acids is 1. The van der Waals surface area contributed by atoms with Crippen molar-refractivity contribution in [1.82, 2.24) is 24.4 Å². The summed E-state index contributed by atoms with van der Waals surface area (Å²) in [6.07, 6.45) is 3.54. The number of nitrogens with zero attached hydrogens (tertiary/aromatic N) is 5. The Labute approximate surface area is 258 Å². The fraction of sp³-hybridized carbons (Fsp3) is 0.333. The normalized spacial score (nSPS) is 15.2. The Kier molecular flexibility index (Phi) is 8.02. The number of carbonyl (C=O) groups is 1. The molecule has 0 bridgehead atoms. The van der Waals surface area contributed by atoms with Crippen molar-refractivity contribution in [2.75, 3.05) is 48.4 Å². The molecule has 1 aliphatic rings. The highest BCUT2D eigenvalue weighted by Gasteiger charge is 2.22. The van der Waals surface area contributed by atoms with Crippen molar-refractivity contribution in [3.05, 3.63) is 65.8 Å². The number of rotatable bonds is 6. The summed E-state index contributed by atoms with van der Waals surface area (Å²) in [5.74, 6) is 8.30. The van der Waals surface area contributed by atoms with E-state index in [-0.39, 0.29) is 16.9 Å². The molecule has 1 saturated heterocycles. The molecule has 2 N–H and O–H groups in total. The molecule has 14 heteroatoms. The molecular formula is C30H31N7O5S2. The molecule has 0 radical (unpaired) electrons. The fourth-order valence-corrected chi connectivity index (χ4v) is 6.78. The van der Waals surface area contributed by atoms with Gasteiger partial charge in [0.2, 0.25) is 0 Å². The van der Waals surface area contributed by atoms with Crippen LogP contribution in [-0.2, 0) is 15.3 Å². The Morgan fingerprint density at radius 2 is 1.89 bits per heavy atom. The quantitative estimate of drug-likeness (QED) is 0.260. The van der Waals surface area contributed by atoms with Gasteiger partial charge in [-0.3, -0.25) is 14.6 Å². The number of imidazole rings is 1. The van der Waals surface area contributed by atoms with Gasteiger partial charge < -0.3 is 14.6 Å². The minimum Gasteiger partial charge on any atom is -0.491 e. The van der Waals surface area contributed by atoms with Crippen LogP contribution < -0.4 is 15.4 Å². The zero-order valence-corrected chi connectivity index (χ0v) is 26.1. The molecule has 0 unspecified atom stereocenters. The minimum atomic E-state index is -2.89. The van der Waals surface area contributed by atoms with Crippen LogP contribution in [0.3, 0.4) is 0 Å². The predicted molar refractivity (Wildman–Crippen MR) is 169 cm³/mol. The van der Waals surface area contributed by atoms with Gasteiger partial charge in [0.25, 0.3) is 0 Å². The van der Waals surface area contributed by atoms with Crippen LogP contribution in [-0.4, -0.2) is 76.6 Å². The Bertz CT molecular complexity index is 1980. The van der Waals surface area contributed by atoms with Gasteiger partial charge in [0.15, 0.2) is 26.3 Å². The summed E-state index contributed by atoms with van der Waals surface area (Å²) < 4.78 is 37.2. The lowest BCUT2D eigenvalue weighted by atomic mass is 9.93. The Morgan fingerprint density at radius 3 is 2.61 bits per heavy atom. The molecule has 0 spiro atoms. The van der Waals surface area contributed by atoms with Crippen molar-refractivity contribution in [2.24, 2.45) is 0 Å². The van der Waals surface area contributed by atoms with Gasteiger partial charge >= 0.3 is 6.03 Å². The first-order valence-electron chi connectivity index (χ1n) is 14.0. The third-order valence-corrected chi connectivity index (χ3v) is 9.59. The van der Waals surface area contributed by atoms with Crippen molar-refractivity contribution in [2.45, 2.75) is 26.2 Å². The lowest BCUT2D eigenvalue weighted by Crippen LogP contribution is -2.42. The monoisotopic (exact) mass is 633 g/mol. The van der Waals surface area contributed by atoms with Gasteiger partial charge in [0.05, 0.1) is 22.4 Å². The molecule has 1 aromatic carbocycles. The summed E-state index contributed by atoms with van der Waals surface area (Å²) in [6, 6.07) is 10.4. The summed E-state index contributed by atoms with van der Waals surface area (Å²) in [4.78, 5) is 24.4. The minimum absolute atomic E-state index is 0.205. The second-order valence-corrected chi connectivity index (χ2v) is 14.8. The molecular weight excluding hydrogens is 603 g/mol. The molecule has 0 saturated carbocycles. The number of hydrogen-bond acceptors (Lipinski definition) is 10. The highest BCUT2D eigenvalue weighted by molar-refractivity contribution is 7.91. The molecule has 228 valence electrons. The molecule has 2 amide bonds. The highest BCUT2D eigenvalue weighted by atomic mass is 32.2. The molecule has 12 nitrogen and oxygen atoms in total. The lowest BCUT2D eigenvalue weighted by Gasteiger charge is -2.26. The van der Waals surface area contributed by atoms with Crippen LogP contribution in [0.4, 0.5) is 16.3 Å². The van der Waals surface area contributed by atoms with E-state index in [0.29, 0.717) is 55.0 Å². The van der Waals surface area contributed by atoms with E-state index < -0.39 is 15.9 Å². The van der Waals surface area contributed by atoms with E-state index in [2.05, 4.69) is 42.5 Å². The summed E-state index contributed by atoms with van der Waals surface area (Å²) >= 11 is 1.50. The third kappa shape index (κ3) is 7.02. The maximum atomic E-state index is 12.4. The SMILES string of the molecule is CC(C)(C)c1cc(NC(=O)Nc2ccc(C#Cc3cn4c(n3)sc3cc(OCCN5CCS(=O)(=O)CC5)cnc34)cc2)no1. The topological polar surface area (TPSA) is 144 Å². The second-order valence-electron chi connectivity index (χ2n) is 11.4. The van der Waals surface area contributed by atoms with Gasteiger partial charge in [-0.15, -0.1) is 0 Å². The standard InChI is InChI=1S/C30H31N7O5S2/c1-30(2,3)25-17-26(35-42-25)34-28(38)32-21-7-4-20(5-8-21)6-9-22-19-37-27-24(43-29(37)33-22)16-23(18-31-27)41-13-10-36-11-14-44(39,40)15-12-36/h4-5,7-8,16-19H,10-15H2,1-3H3,(H2,32,34,35,38). The van der Waals surface area contributed by atoms with E-state index in [4.69, 9.17) is 9.26 Å². The predicted octanol–water partition coefficient (Wildman–Crippen LogP) is 4.38. The van der Waals surface area contributed by atoms with E-state index >= 15 is 0 Å². The molecule has 0 aliphatic carbocycles. The summed E-state index contributed by atoms with van der Waals surface area (Å²) in [7, 11) is -2.89. The van der Waals surface area contributed by atoms with Gasteiger partial charge in [0.1, 0.15) is 23.8 Å². The van der Waals surface area contributed by atoms with E-state index in [1.807, 2.05) is 49.6 Å². The maximum Gasteiger partial charge on any atom is 0.324 e. The van der Waals surface area contributed by atoms with Crippen molar-refractivity contribution in [3.8, 4) is 17.6 Å². The molecule has 0 atom stereocenters. The van der Waals surface area contributed by atoms with Crippen LogP contribution >= 0.6 is 11.3 Å². The van der Waals surface area contributed by atoms with Gasteiger partial charge in [-0.2, -0.15) is 0 Å². The summed E-state index contributed by atoms with van der Waals surface area (Å²) in [5.41, 5.74) is 2.57. The first-order chi connectivity index (χ1) is 21.0. The third-order valence-electron chi connectivity index (χ3n) is 6.99. The van der Waals surface area contributed by atoms with Crippen LogP contribution in [0.5, 0.6) is 5.75 Å². The van der Waals surface area contributed by atoms with Crippen molar-refractivity contribution < 1.29 is 22.5 Å². The Morgan fingerprint density at radius 1 is 1.11 bits per heavy atom. The van der Waals surface area contributed by atoms with E-state index in [0.717, 1.165) is 20.9 Å². The largest absolute Gasteiger partial charge is 0.491 e. The molecule has 1 fully saturated rings. The molecule has 5 heterocycles. The number of pyridine rings is 1. The lowest BCUT2D eigenvalue weighted by molar-refractivity contribution is 0.219. The van der Waals surface area contributed by atoms with Gasteiger partial charge in [0, 0.05) is 54.6 Å². The number of nitrogens with one attached hydrogen (secondary N) is 2. The average Bonchev–Trinajstić information content (AvgIpc) is 3.68. The van der Waals surface area contributed by atoms with Crippen LogP contribution in [0.2, 0.25) is 0 Å². The number of urea groups is 1. The summed E-state index contributed by atoms with van der Waals surface area (Å²) in [6.45, 7) is 8.22. The number of fused-ring (bicyclic) bond motifs is 3. The van der Waals surface area contributed by atoms with Crippen LogP contribution in [0.15, 0.2) is 53.3 Å². The van der Waals surface area contributed by atoms with Crippen molar-refractivity contribution in [3.63, 3.8) is 0 Å². The first-order valence-corrected chi connectivity index (χ1v) is 16.7. The van der Waals surface area contributed by atoms with E-state index in [1.165, 1.54) is 11.3 Å². The highest BCUT2D eigenvalue weighted by Crippen LogP contribution is 2.28. The van der Waals surface area contributed by atoms with Gasteiger partial charge in [-0.25, -0.2) is 23.2 Å². The van der Waals surface area contributed by atoms with Crippen molar-refractivity contribution >= 4 is 54.0 Å². The average molecular weight is 634 g/mol. The van der Waals surface area contributed by atoms with Crippen molar-refractivity contribution in [1.29, 1.82) is 0 Å². The molecule has 6 rings (SSSR count). The number of ether oxygens (including phenoxy) is 1. The van der Waals surface area contributed by atoms with Crippen LogP contribution in [0.25, 0.3) is 15.3 Å². The smallest absolute Gasteiger partial charge is 0.324 e.